The highest BCUT2D eigenvalue weighted by atomic mass is 19.4. The molecule has 258 valence electrons. The number of rotatable bonds is 8. The average Bonchev–Trinajstić information content (AvgIpc) is 3.01. The van der Waals surface area contributed by atoms with Gasteiger partial charge in [0, 0.05) is 58.1 Å². The number of fused-ring (bicyclic) bond motifs is 1. The van der Waals surface area contributed by atoms with E-state index in [4.69, 9.17) is 4.74 Å². The molecule has 1 N–H and O–H groups in total. The zero-order valence-electron chi connectivity index (χ0n) is 27.5. The summed E-state index contributed by atoms with van der Waals surface area (Å²) in [6.07, 6.45) is -1.29. The molecule has 1 aromatic carbocycles. The van der Waals surface area contributed by atoms with Gasteiger partial charge in [-0.05, 0) is 45.6 Å². The summed E-state index contributed by atoms with van der Waals surface area (Å²) in [5.41, 5.74) is -1.70. The van der Waals surface area contributed by atoms with E-state index in [1.54, 1.807) is 23.1 Å². The molecule has 2 aromatic rings. The molecule has 3 aliphatic heterocycles. The molecule has 1 spiro atoms. The van der Waals surface area contributed by atoms with E-state index in [1.165, 1.54) is 31.0 Å². The van der Waals surface area contributed by atoms with E-state index in [2.05, 4.69) is 15.2 Å². The number of morpholine rings is 1. The number of hydrogen-bond donors (Lipinski definition) is 1. The van der Waals surface area contributed by atoms with Gasteiger partial charge in [0.25, 0.3) is 0 Å². The van der Waals surface area contributed by atoms with Crippen LogP contribution >= 0.6 is 0 Å². The maximum atomic E-state index is 15.5. The van der Waals surface area contributed by atoms with Gasteiger partial charge in [-0.2, -0.15) is 18.4 Å². The van der Waals surface area contributed by atoms with Crippen molar-refractivity contribution in [2.75, 3.05) is 95.2 Å². The van der Waals surface area contributed by atoms with Crippen molar-refractivity contribution in [3.63, 3.8) is 0 Å². The second-order valence-corrected chi connectivity index (χ2v) is 12.8. The second kappa shape index (κ2) is 14.1. The number of anilines is 3. The van der Waals surface area contributed by atoms with Gasteiger partial charge in [-0.3, -0.25) is 14.5 Å². The molecule has 0 radical (unpaired) electrons. The number of likely N-dealkylation sites (tertiary alicyclic amines) is 1. The Morgan fingerprint density at radius 2 is 1.98 bits per heavy atom. The lowest BCUT2D eigenvalue weighted by molar-refractivity contribution is -0.188. The molecule has 48 heavy (non-hydrogen) atoms. The zero-order valence-corrected chi connectivity index (χ0v) is 27.5. The molecule has 2 fully saturated rings. The van der Waals surface area contributed by atoms with Crippen LogP contribution in [0, 0.1) is 24.1 Å². The van der Waals surface area contributed by atoms with Gasteiger partial charge in [-0.15, -0.1) is 0 Å². The standard InChI is InChI=1S/C33H40F4N8O3/c1-22-17-24(33(35,36)37)23(18-38)30(39-22)40-26-10-12-44(29-25(34)7-5-8-27(29)42(4)31(26)47)14-13-43-15-16-48-32(19-43)20-45(21-32)28(46)9-6-11-41(2)3/h5-9,17,26H,10-16,19-21H2,1-4H3,(H,39,40)/b9-6+/t26-/m0/s1. The summed E-state index contributed by atoms with van der Waals surface area (Å²) in [5.74, 6) is -1.40. The SMILES string of the molecule is Cc1cc(C(F)(F)F)c(C#N)c(N[C@H]2CCN(CCN3CCOC4(C3)CN(C(=O)/C=C/CN(C)C)C4)c3c(F)cccc3N(C)C2=O)n1. The van der Waals surface area contributed by atoms with Gasteiger partial charge in [0.1, 0.15) is 34.9 Å². The maximum Gasteiger partial charge on any atom is 0.417 e. The molecule has 1 aromatic heterocycles. The Kier molecular flexibility index (Phi) is 10.3. The van der Waals surface area contributed by atoms with E-state index in [0.717, 1.165) is 6.07 Å². The first-order valence-corrected chi connectivity index (χ1v) is 15.7. The number of aryl methyl sites for hydroxylation is 1. The summed E-state index contributed by atoms with van der Waals surface area (Å²) < 4.78 is 62.9. The molecular formula is C33H40F4N8O3. The van der Waals surface area contributed by atoms with Crippen LogP contribution in [-0.2, 0) is 20.5 Å². The number of benzene rings is 1. The first-order chi connectivity index (χ1) is 22.7. The largest absolute Gasteiger partial charge is 0.417 e. The lowest BCUT2D eigenvalue weighted by Gasteiger charge is -2.53. The third-order valence-corrected chi connectivity index (χ3v) is 8.85. The van der Waals surface area contributed by atoms with Crippen molar-refractivity contribution in [3.8, 4) is 6.07 Å². The van der Waals surface area contributed by atoms with E-state index in [0.29, 0.717) is 58.1 Å². The number of amides is 2. The average molecular weight is 673 g/mol. The summed E-state index contributed by atoms with van der Waals surface area (Å²) in [5, 5.41) is 12.5. The fraction of sp³-hybridized carbons (Fsp3) is 0.515. The number of likely N-dealkylation sites (N-methyl/N-ethyl adjacent to an activating group) is 2. The fourth-order valence-electron chi connectivity index (χ4n) is 6.44. The fourth-order valence-corrected chi connectivity index (χ4v) is 6.44. The molecule has 0 aliphatic carbocycles. The van der Waals surface area contributed by atoms with Gasteiger partial charge >= 0.3 is 6.18 Å². The van der Waals surface area contributed by atoms with Crippen molar-refractivity contribution in [2.45, 2.75) is 31.2 Å². The number of para-hydroxylation sites is 1. The highest BCUT2D eigenvalue weighted by molar-refractivity contribution is 6.01. The Labute approximate surface area is 277 Å². The topological polar surface area (TPSA) is 108 Å². The lowest BCUT2D eigenvalue weighted by Crippen LogP contribution is -2.71. The molecule has 0 unspecified atom stereocenters. The number of hydrogen-bond acceptors (Lipinski definition) is 9. The molecule has 3 aliphatic rings. The second-order valence-electron chi connectivity index (χ2n) is 12.8. The van der Waals surface area contributed by atoms with E-state index in [-0.39, 0.29) is 36.1 Å². The Bertz CT molecular complexity index is 1600. The molecule has 0 saturated carbocycles. The number of aromatic nitrogens is 1. The highest BCUT2D eigenvalue weighted by Gasteiger charge is 2.48. The minimum absolute atomic E-state index is 0.0348. The smallest absolute Gasteiger partial charge is 0.369 e. The highest BCUT2D eigenvalue weighted by Crippen LogP contribution is 2.37. The first-order valence-electron chi connectivity index (χ1n) is 15.7. The molecule has 11 nitrogen and oxygen atoms in total. The van der Waals surface area contributed by atoms with Crippen molar-refractivity contribution < 1.29 is 31.9 Å². The molecule has 2 amide bonds. The van der Waals surface area contributed by atoms with Crippen molar-refractivity contribution in [3.05, 3.63) is 59.1 Å². The Morgan fingerprint density at radius 1 is 1.23 bits per heavy atom. The molecule has 4 heterocycles. The van der Waals surface area contributed by atoms with Crippen LogP contribution in [0.4, 0.5) is 34.8 Å². The number of alkyl halides is 3. The third-order valence-electron chi connectivity index (χ3n) is 8.85. The van der Waals surface area contributed by atoms with Gasteiger partial charge in [0.2, 0.25) is 11.8 Å². The van der Waals surface area contributed by atoms with E-state index in [9.17, 15) is 28.0 Å². The van der Waals surface area contributed by atoms with Gasteiger partial charge in [-0.1, -0.05) is 12.1 Å². The minimum Gasteiger partial charge on any atom is -0.369 e. The molecule has 5 rings (SSSR count). The monoisotopic (exact) mass is 672 g/mol. The van der Waals surface area contributed by atoms with E-state index < -0.39 is 40.7 Å². The summed E-state index contributed by atoms with van der Waals surface area (Å²) in [6, 6.07) is 5.79. The van der Waals surface area contributed by atoms with Crippen molar-refractivity contribution in [2.24, 2.45) is 0 Å². The Morgan fingerprint density at radius 3 is 2.67 bits per heavy atom. The van der Waals surface area contributed by atoms with Crippen LogP contribution in [0.1, 0.15) is 23.2 Å². The molecule has 0 bridgehead atoms. The van der Waals surface area contributed by atoms with Crippen LogP contribution in [0.5, 0.6) is 0 Å². The number of ether oxygens (including phenoxy) is 1. The van der Waals surface area contributed by atoms with Gasteiger partial charge in [0.15, 0.2) is 0 Å². The van der Waals surface area contributed by atoms with Crippen LogP contribution in [0.3, 0.4) is 0 Å². The van der Waals surface area contributed by atoms with Crippen LogP contribution in [0.25, 0.3) is 0 Å². The van der Waals surface area contributed by atoms with Crippen molar-refractivity contribution in [1.82, 2.24) is 19.7 Å². The normalized spacial score (nSPS) is 20.0. The number of nitriles is 1. The number of carbonyl (C=O) groups is 2. The number of carbonyl (C=O) groups excluding carboxylic acids is 2. The van der Waals surface area contributed by atoms with Crippen LogP contribution in [0.2, 0.25) is 0 Å². The predicted octanol–water partition coefficient (Wildman–Crippen LogP) is 3.10. The molecular weight excluding hydrogens is 632 g/mol. The number of nitrogens with zero attached hydrogens (tertiary/aromatic N) is 7. The van der Waals surface area contributed by atoms with Gasteiger partial charge in [-0.25, -0.2) is 9.37 Å². The summed E-state index contributed by atoms with van der Waals surface area (Å²) in [6.45, 7) is 5.85. The summed E-state index contributed by atoms with van der Waals surface area (Å²) >= 11 is 0. The van der Waals surface area contributed by atoms with E-state index >= 15 is 4.39 Å². The molecule has 15 heteroatoms. The zero-order chi connectivity index (χ0) is 34.8. The summed E-state index contributed by atoms with van der Waals surface area (Å²) in [7, 11) is 5.34. The first kappa shape index (κ1) is 35.1. The van der Waals surface area contributed by atoms with Crippen molar-refractivity contribution in [1.29, 1.82) is 5.26 Å². The number of pyridine rings is 1. The van der Waals surface area contributed by atoms with Crippen LogP contribution < -0.4 is 15.1 Å². The third kappa shape index (κ3) is 7.56. The minimum atomic E-state index is -4.79. The predicted molar refractivity (Wildman–Crippen MR) is 172 cm³/mol. The number of nitrogens with one attached hydrogen (secondary N) is 1. The Balaban J connectivity index is 1.31. The van der Waals surface area contributed by atoms with Crippen LogP contribution in [-0.4, -0.2) is 123 Å². The summed E-state index contributed by atoms with van der Waals surface area (Å²) in [4.78, 5) is 39.4. The molecule has 1 atom stereocenters. The Hall–Kier alpha value is -4.26. The van der Waals surface area contributed by atoms with E-state index in [1.807, 2.05) is 30.0 Å². The molecule has 2 saturated heterocycles. The van der Waals surface area contributed by atoms with Crippen LogP contribution in [0.15, 0.2) is 36.4 Å². The number of halogens is 4. The van der Waals surface area contributed by atoms with Gasteiger partial charge < -0.3 is 29.7 Å². The quantitative estimate of drug-likeness (QED) is 0.335. The van der Waals surface area contributed by atoms with Gasteiger partial charge in [0.05, 0.1) is 36.6 Å². The maximum absolute atomic E-state index is 15.5. The lowest BCUT2D eigenvalue weighted by atomic mass is 9.91. The van der Waals surface area contributed by atoms with Crippen molar-refractivity contribution >= 4 is 29.0 Å².